The van der Waals surface area contributed by atoms with Crippen molar-refractivity contribution in [2.45, 2.75) is 12.1 Å². The van der Waals surface area contributed by atoms with E-state index >= 15 is 0 Å². The summed E-state index contributed by atoms with van der Waals surface area (Å²) in [6, 6.07) is 14.6. The van der Waals surface area contributed by atoms with Gasteiger partial charge in [0, 0.05) is 10.8 Å². The Balaban J connectivity index is 2.27. The summed E-state index contributed by atoms with van der Waals surface area (Å²) < 4.78 is 1.61. The van der Waals surface area contributed by atoms with Crippen LogP contribution in [0.1, 0.15) is 6.92 Å². The average Bonchev–Trinajstić information content (AvgIpc) is 2.53. The Bertz CT molecular complexity index is 949. The van der Waals surface area contributed by atoms with Gasteiger partial charge in [-0.2, -0.15) is 0 Å². The first kappa shape index (κ1) is 15.8. The fourth-order valence-corrected chi connectivity index (χ4v) is 3.28. The van der Waals surface area contributed by atoms with Crippen LogP contribution in [0, 0.1) is 0 Å². The third kappa shape index (κ3) is 3.33. The molecule has 2 aromatic carbocycles. The van der Waals surface area contributed by atoms with Gasteiger partial charge in [0.15, 0.2) is 5.16 Å². The summed E-state index contributed by atoms with van der Waals surface area (Å²) in [6.07, 6.45) is 0. The smallest absolute Gasteiger partial charge is 0.266 e. The average molecular weight is 343 g/mol. The minimum atomic E-state index is -0.0953. The number of para-hydroxylation sites is 1. The van der Waals surface area contributed by atoms with Crippen LogP contribution in [0.2, 0.25) is 5.02 Å². The van der Waals surface area contributed by atoms with Crippen LogP contribution < -0.4 is 5.56 Å². The number of fused-ring (bicyclic) bond motifs is 1. The third-order valence-electron chi connectivity index (χ3n) is 3.26. The van der Waals surface area contributed by atoms with Crippen LogP contribution in [0.4, 0.5) is 0 Å². The molecular weight excluding hydrogens is 328 g/mol. The first-order valence-corrected chi connectivity index (χ1v) is 8.47. The standard InChI is InChI=1S/C18H15ClN2OS/c1-12(2)11-23-18-20-16-9-4-3-8-15(16)17(22)21(18)14-7-5-6-13(19)10-14/h3-10H,1,11H2,2H3. The molecule has 0 atom stereocenters. The van der Waals surface area contributed by atoms with Crippen molar-refractivity contribution in [1.82, 2.24) is 9.55 Å². The van der Waals surface area contributed by atoms with Crippen molar-refractivity contribution < 1.29 is 0 Å². The second-order valence-corrected chi connectivity index (χ2v) is 6.66. The van der Waals surface area contributed by atoms with Crippen molar-refractivity contribution in [3.05, 3.63) is 76.1 Å². The van der Waals surface area contributed by atoms with Crippen LogP contribution in [0.25, 0.3) is 16.6 Å². The lowest BCUT2D eigenvalue weighted by atomic mass is 10.2. The summed E-state index contributed by atoms with van der Waals surface area (Å²) in [6.45, 7) is 5.87. The number of rotatable bonds is 4. The molecule has 1 heterocycles. The van der Waals surface area contributed by atoms with Gasteiger partial charge < -0.3 is 0 Å². The fourth-order valence-electron chi connectivity index (χ4n) is 2.24. The quantitative estimate of drug-likeness (QED) is 0.391. The zero-order valence-corrected chi connectivity index (χ0v) is 14.2. The molecule has 0 unspecified atom stereocenters. The van der Waals surface area contributed by atoms with Gasteiger partial charge in [0.1, 0.15) is 0 Å². The van der Waals surface area contributed by atoms with E-state index in [2.05, 4.69) is 11.6 Å². The maximum atomic E-state index is 12.9. The van der Waals surface area contributed by atoms with E-state index in [0.717, 1.165) is 5.57 Å². The van der Waals surface area contributed by atoms with Crippen molar-refractivity contribution in [2.24, 2.45) is 0 Å². The van der Waals surface area contributed by atoms with Gasteiger partial charge >= 0.3 is 0 Å². The van der Waals surface area contributed by atoms with E-state index in [1.807, 2.05) is 37.3 Å². The lowest BCUT2D eigenvalue weighted by Gasteiger charge is -2.13. The molecule has 0 amide bonds. The molecule has 116 valence electrons. The third-order valence-corrected chi connectivity index (χ3v) is 4.66. The number of hydrogen-bond acceptors (Lipinski definition) is 3. The fraction of sp³-hybridized carbons (Fsp3) is 0.111. The molecule has 3 aromatic rings. The van der Waals surface area contributed by atoms with Crippen molar-refractivity contribution in [3.63, 3.8) is 0 Å². The Hall–Kier alpha value is -2.04. The molecule has 3 rings (SSSR count). The second-order valence-electron chi connectivity index (χ2n) is 5.28. The maximum absolute atomic E-state index is 12.9. The molecule has 1 aromatic heterocycles. The predicted molar refractivity (Wildman–Crippen MR) is 97.9 cm³/mol. The number of benzene rings is 2. The Morgan fingerprint density at radius 1 is 1.26 bits per heavy atom. The molecule has 23 heavy (non-hydrogen) atoms. The number of nitrogens with zero attached hydrogens (tertiary/aromatic N) is 2. The molecule has 0 N–H and O–H groups in total. The molecule has 0 saturated heterocycles. The van der Waals surface area contributed by atoms with Crippen LogP contribution in [-0.2, 0) is 0 Å². The Morgan fingerprint density at radius 2 is 2.04 bits per heavy atom. The summed E-state index contributed by atoms with van der Waals surface area (Å²) in [5.74, 6) is 0.700. The summed E-state index contributed by atoms with van der Waals surface area (Å²) >= 11 is 7.58. The van der Waals surface area contributed by atoms with Gasteiger partial charge in [0.05, 0.1) is 16.6 Å². The van der Waals surface area contributed by atoms with Crippen LogP contribution in [0.15, 0.2) is 70.6 Å². The maximum Gasteiger partial charge on any atom is 0.266 e. The minimum Gasteiger partial charge on any atom is -0.268 e. The zero-order valence-electron chi connectivity index (χ0n) is 12.6. The molecular formula is C18H15ClN2OS. The van der Waals surface area contributed by atoms with Gasteiger partial charge in [-0.1, -0.05) is 53.7 Å². The summed E-state index contributed by atoms with van der Waals surface area (Å²) in [7, 11) is 0. The Morgan fingerprint density at radius 3 is 2.78 bits per heavy atom. The van der Waals surface area contributed by atoms with E-state index in [9.17, 15) is 4.79 Å². The van der Waals surface area contributed by atoms with E-state index in [1.54, 1.807) is 22.8 Å². The first-order chi connectivity index (χ1) is 11.1. The van der Waals surface area contributed by atoms with Gasteiger partial charge in [-0.15, -0.1) is 0 Å². The van der Waals surface area contributed by atoms with E-state index < -0.39 is 0 Å². The molecule has 0 bridgehead atoms. The lowest BCUT2D eigenvalue weighted by Crippen LogP contribution is -2.21. The molecule has 0 spiro atoms. The van der Waals surface area contributed by atoms with Crippen molar-refractivity contribution >= 4 is 34.3 Å². The lowest BCUT2D eigenvalue weighted by molar-refractivity contribution is 0.820. The Kier molecular flexibility index (Phi) is 4.55. The van der Waals surface area contributed by atoms with Gasteiger partial charge in [-0.25, -0.2) is 4.98 Å². The van der Waals surface area contributed by atoms with Crippen molar-refractivity contribution in [1.29, 1.82) is 0 Å². The second kappa shape index (κ2) is 6.60. The van der Waals surface area contributed by atoms with E-state index in [0.29, 0.717) is 32.5 Å². The monoisotopic (exact) mass is 342 g/mol. The largest absolute Gasteiger partial charge is 0.268 e. The number of hydrogen-bond donors (Lipinski definition) is 0. The first-order valence-electron chi connectivity index (χ1n) is 7.11. The van der Waals surface area contributed by atoms with Crippen LogP contribution >= 0.6 is 23.4 Å². The van der Waals surface area contributed by atoms with E-state index in [-0.39, 0.29) is 5.56 Å². The zero-order chi connectivity index (χ0) is 16.4. The molecule has 0 saturated carbocycles. The van der Waals surface area contributed by atoms with Gasteiger partial charge in [-0.05, 0) is 37.3 Å². The van der Waals surface area contributed by atoms with Crippen LogP contribution in [0.3, 0.4) is 0 Å². The summed E-state index contributed by atoms with van der Waals surface area (Å²) in [5, 5.41) is 1.81. The highest BCUT2D eigenvalue weighted by molar-refractivity contribution is 7.99. The van der Waals surface area contributed by atoms with Crippen LogP contribution in [-0.4, -0.2) is 15.3 Å². The highest BCUT2D eigenvalue weighted by Gasteiger charge is 2.13. The van der Waals surface area contributed by atoms with Crippen molar-refractivity contribution in [2.75, 3.05) is 5.75 Å². The summed E-state index contributed by atoms with van der Waals surface area (Å²) in [5.41, 5.74) is 2.34. The molecule has 5 heteroatoms. The van der Waals surface area contributed by atoms with Gasteiger partial charge in [0.2, 0.25) is 0 Å². The molecule has 0 aliphatic heterocycles. The molecule has 3 nitrogen and oxygen atoms in total. The van der Waals surface area contributed by atoms with Crippen molar-refractivity contribution in [3.8, 4) is 5.69 Å². The molecule has 0 aliphatic rings. The van der Waals surface area contributed by atoms with Gasteiger partial charge in [0.25, 0.3) is 5.56 Å². The number of aromatic nitrogens is 2. The number of halogens is 1. The molecule has 0 fully saturated rings. The topological polar surface area (TPSA) is 34.9 Å². The normalized spacial score (nSPS) is 10.9. The highest BCUT2D eigenvalue weighted by Crippen LogP contribution is 2.23. The Labute approximate surface area is 143 Å². The van der Waals surface area contributed by atoms with Crippen LogP contribution in [0.5, 0.6) is 0 Å². The van der Waals surface area contributed by atoms with E-state index in [4.69, 9.17) is 11.6 Å². The van der Waals surface area contributed by atoms with E-state index in [1.165, 1.54) is 11.8 Å². The number of thioether (sulfide) groups is 1. The highest BCUT2D eigenvalue weighted by atomic mass is 35.5. The van der Waals surface area contributed by atoms with Gasteiger partial charge in [-0.3, -0.25) is 9.36 Å². The summed E-state index contributed by atoms with van der Waals surface area (Å²) in [4.78, 5) is 17.6. The SMILES string of the molecule is C=C(C)CSc1nc2ccccc2c(=O)n1-c1cccc(Cl)c1. The predicted octanol–water partition coefficient (Wildman–Crippen LogP) is 4.71. The molecule has 0 aliphatic carbocycles. The molecule has 0 radical (unpaired) electrons. The minimum absolute atomic E-state index is 0.0953.